The lowest BCUT2D eigenvalue weighted by Gasteiger charge is -2.31. The molecule has 1 fully saturated rings. The average molecular weight is 419 g/mol. The fourth-order valence-corrected chi connectivity index (χ4v) is 4.24. The summed E-state index contributed by atoms with van der Waals surface area (Å²) in [6.45, 7) is 6.54. The maximum Gasteiger partial charge on any atom is 0.241 e. The highest BCUT2D eigenvalue weighted by molar-refractivity contribution is 5.79. The van der Waals surface area contributed by atoms with Crippen LogP contribution in [0.1, 0.15) is 49.2 Å². The van der Waals surface area contributed by atoms with Gasteiger partial charge in [-0.05, 0) is 50.4 Å². The molecule has 31 heavy (non-hydrogen) atoms. The van der Waals surface area contributed by atoms with Crippen molar-refractivity contribution in [2.45, 2.75) is 45.7 Å². The number of hydrogen-bond acceptors (Lipinski definition) is 5. The van der Waals surface area contributed by atoms with Gasteiger partial charge in [-0.15, -0.1) is 0 Å². The molecular formula is C25H30N4O2. The summed E-state index contributed by atoms with van der Waals surface area (Å²) in [5.74, 6) is 1.45. The third kappa shape index (κ3) is 5.20. The van der Waals surface area contributed by atoms with Crippen LogP contribution in [-0.2, 0) is 11.3 Å². The molecule has 3 aromatic rings. The minimum atomic E-state index is 0.0527. The van der Waals surface area contributed by atoms with E-state index in [0.29, 0.717) is 18.3 Å². The number of hydrogen-bond donors (Lipinski definition) is 1. The van der Waals surface area contributed by atoms with Gasteiger partial charge in [-0.3, -0.25) is 9.69 Å². The van der Waals surface area contributed by atoms with Crippen molar-refractivity contribution in [1.82, 2.24) is 20.4 Å². The van der Waals surface area contributed by atoms with Gasteiger partial charge in [-0.25, -0.2) is 0 Å². The lowest BCUT2D eigenvalue weighted by Crippen LogP contribution is -2.41. The van der Waals surface area contributed by atoms with Crippen LogP contribution >= 0.6 is 0 Å². The van der Waals surface area contributed by atoms with Gasteiger partial charge in [0.1, 0.15) is 0 Å². The number of nitrogens with zero attached hydrogens (tertiary/aromatic N) is 3. The molecule has 1 aliphatic rings. The van der Waals surface area contributed by atoms with Crippen molar-refractivity contribution in [1.29, 1.82) is 0 Å². The Labute approximate surface area is 183 Å². The van der Waals surface area contributed by atoms with Gasteiger partial charge in [-0.2, -0.15) is 4.98 Å². The molecule has 1 N–H and O–H groups in total. The van der Waals surface area contributed by atoms with E-state index in [1.165, 1.54) is 11.1 Å². The van der Waals surface area contributed by atoms with E-state index in [1.54, 1.807) is 0 Å². The zero-order valence-electron chi connectivity index (χ0n) is 18.3. The molecule has 0 saturated carbocycles. The van der Waals surface area contributed by atoms with Crippen molar-refractivity contribution in [3.05, 3.63) is 71.6 Å². The van der Waals surface area contributed by atoms with E-state index in [-0.39, 0.29) is 17.9 Å². The third-order valence-electron chi connectivity index (χ3n) is 6.11. The van der Waals surface area contributed by atoms with E-state index in [1.807, 2.05) is 42.5 Å². The first-order chi connectivity index (χ1) is 15.1. The molecule has 4 rings (SSSR count). The summed E-state index contributed by atoms with van der Waals surface area (Å²) < 4.78 is 5.44. The molecule has 1 unspecified atom stereocenters. The Balaban J connectivity index is 1.29. The quantitative estimate of drug-likeness (QED) is 0.611. The van der Waals surface area contributed by atoms with E-state index in [9.17, 15) is 4.79 Å². The highest BCUT2D eigenvalue weighted by Gasteiger charge is 2.27. The molecule has 1 saturated heterocycles. The Hall–Kier alpha value is -2.99. The molecule has 1 aliphatic heterocycles. The standard InChI is InChI=1S/C25H30N4O2/c1-3-22(21-12-8-7-9-18(21)2)26-25(30)20-13-15-29(16-14-20)17-23-27-24(28-31-23)19-10-5-4-6-11-19/h4-12,20,22H,3,13-17H2,1-2H3,(H,26,30). The first-order valence-corrected chi connectivity index (χ1v) is 11.1. The van der Waals surface area contributed by atoms with Crippen molar-refractivity contribution in [2.75, 3.05) is 13.1 Å². The lowest BCUT2D eigenvalue weighted by molar-refractivity contribution is -0.127. The molecule has 0 aliphatic carbocycles. The molecule has 0 bridgehead atoms. The summed E-state index contributed by atoms with van der Waals surface area (Å²) in [7, 11) is 0. The van der Waals surface area contributed by atoms with Crippen LogP contribution < -0.4 is 5.32 Å². The highest BCUT2D eigenvalue weighted by atomic mass is 16.5. The second kappa shape index (κ2) is 9.88. The van der Waals surface area contributed by atoms with Gasteiger partial charge in [0, 0.05) is 11.5 Å². The van der Waals surface area contributed by atoms with Crippen LogP contribution in [0.3, 0.4) is 0 Å². The fraction of sp³-hybridized carbons (Fsp3) is 0.400. The van der Waals surface area contributed by atoms with Crippen LogP contribution in [-0.4, -0.2) is 34.0 Å². The largest absolute Gasteiger partial charge is 0.349 e. The van der Waals surface area contributed by atoms with Gasteiger partial charge in [0.15, 0.2) is 0 Å². The molecule has 0 spiro atoms. The van der Waals surface area contributed by atoms with E-state index in [4.69, 9.17) is 4.52 Å². The minimum absolute atomic E-state index is 0.0527. The summed E-state index contributed by atoms with van der Waals surface area (Å²) in [4.78, 5) is 19.7. The number of amides is 1. The van der Waals surface area contributed by atoms with E-state index >= 15 is 0 Å². The molecule has 1 amide bonds. The van der Waals surface area contributed by atoms with Crippen LogP contribution in [0.15, 0.2) is 59.1 Å². The van der Waals surface area contributed by atoms with Crippen molar-refractivity contribution in [2.24, 2.45) is 5.92 Å². The maximum absolute atomic E-state index is 12.9. The molecule has 1 atom stereocenters. The molecule has 6 heteroatoms. The summed E-state index contributed by atoms with van der Waals surface area (Å²) in [6, 6.07) is 18.2. The number of piperidine rings is 1. The Kier molecular flexibility index (Phi) is 6.77. The van der Waals surface area contributed by atoms with Crippen LogP contribution in [0, 0.1) is 12.8 Å². The number of likely N-dealkylation sites (tertiary alicyclic amines) is 1. The zero-order chi connectivity index (χ0) is 21.6. The summed E-state index contributed by atoms with van der Waals surface area (Å²) in [6.07, 6.45) is 2.57. The van der Waals surface area contributed by atoms with E-state index in [2.05, 4.69) is 46.3 Å². The van der Waals surface area contributed by atoms with Crippen LogP contribution in [0.25, 0.3) is 11.4 Å². The van der Waals surface area contributed by atoms with Gasteiger partial charge in [0.2, 0.25) is 17.6 Å². The third-order valence-corrected chi connectivity index (χ3v) is 6.11. The number of carbonyl (C=O) groups excluding carboxylic acids is 1. The summed E-state index contributed by atoms with van der Waals surface area (Å²) in [5, 5.41) is 7.38. The van der Waals surface area contributed by atoms with Crippen LogP contribution in [0.2, 0.25) is 0 Å². The maximum atomic E-state index is 12.9. The van der Waals surface area contributed by atoms with Gasteiger partial charge < -0.3 is 9.84 Å². The number of aryl methyl sites for hydroxylation is 1. The predicted octanol–water partition coefficient (Wildman–Crippen LogP) is 4.52. The molecule has 2 heterocycles. The van der Waals surface area contributed by atoms with Gasteiger partial charge in [0.05, 0.1) is 12.6 Å². The number of nitrogens with one attached hydrogen (secondary N) is 1. The molecule has 1 aromatic heterocycles. The van der Waals surface area contributed by atoms with Crippen LogP contribution in [0.4, 0.5) is 0 Å². The Morgan fingerprint density at radius 1 is 1.13 bits per heavy atom. The van der Waals surface area contributed by atoms with Crippen molar-refractivity contribution in [3.63, 3.8) is 0 Å². The second-order valence-corrected chi connectivity index (χ2v) is 8.25. The normalized spacial score (nSPS) is 16.2. The predicted molar refractivity (Wildman–Crippen MR) is 120 cm³/mol. The van der Waals surface area contributed by atoms with Crippen molar-refractivity contribution < 1.29 is 9.32 Å². The van der Waals surface area contributed by atoms with Crippen molar-refractivity contribution >= 4 is 5.91 Å². The second-order valence-electron chi connectivity index (χ2n) is 8.25. The smallest absolute Gasteiger partial charge is 0.241 e. The average Bonchev–Trinajstić information content (AvgIpc) is 3.27. The van der Waals surface area contributed by atoms with Gasteiger partial charge in [0.25, 0.3) is 0 Å². The lowest BCUT2D eigenvalue weighted by atomic mass is 9.94. The first-order valence-electron chi connectivity index (χ1n) is 11.1. The Morgan fingerprint density at radius 3 is 2.55 bits per heavy atom. The summed E-state index contributed by atoms with van der Waals surface area (Å²) >= 11 is 0. The molecule has 2 aromatic carbocycles. The van der Waals surface area contributed by atoms with E-state index in [0.717, 1.165) is 37.9 Å². The number of benzene rings is 2. The van der Waals surface area contributed by atoms with Gasteiger partial charge >= 0.3 is 0 Å². The molecule has 162 valence electrons. The molecule has 6 nitrogen and oxygen atoms in total. The Morgan fingerprint density at radius 2 is 1.84 bits per heavy atom. The van der Waals surface area contributed by atoms with Gasteiger partial charge in [-0.1, -0.05) is 66.7 Å². The fourth-order valence-electron chi connectivity index (χ4n) is 4.24. The van der Waals surface area contributed by atoms with Crippen molar-refractivity contribution in [3.8, 4) is 11.4 Å². The van der Waals surface area contributed by atoms with Crippen LogP contribution in [0.5, 0.6) is 0 Å². The SMILES string of the molecule is CCC(NC(=O)C1CCN(Cc2nc(-c3ccccc3)no2)CC1)c1ccccc1C. The zero-order valence-corrected chi connectivity index (χ0v) is 18.3. The summed E-state index contributed by atoms with van der Waals surface area (Å²) in [5.41, 5.74) is 3.38. The first kappa shape index (κ1) is 21.2. The number of carbonyl (C=O) groups is 1. The topological polar surface area (TPSA) is 71.3 Å². The Bertz CT molecular complexity index is 994. The molecule has 0 radical (unpaired) electrons. The number of rotatable bonds is 7. The monoisotopic (exact) mass is 418 g/mol. The molecular weight excluding hydrogens is 388 g/mol. The van der Waals surface area contributed by atoms with E-state index < -0.39 is 0 Å². The number of aromatic nitrogens is 2. The minimum Gasteiger partial charge on any atom is -0.349 e. The highest BCUT2D eigenvalue weighted by Crippen LogP contribution is 2.24.